The standard InChI is InChI=1S/C22H25NO2/c1-25-21-11-5-10-17-18(21)12-13-20-19(17)15-22(24)23(20)14-6-9-16-7-3-2-4-8-16/h2-5,7-8,10-11,19-20H,6,9,12-15H2,1H3. The molecule has 0 saturated carbocycles. The lowest BCUT2D eigenvalue weighted by atomic mass is 9.79. The monoisotopic (exact) mass is 335 g/mol. The highest BCUT2D eigenvalue weighted by atomic mass is 16.5. The van der Waals surface area contributed by atoms with E-state index in [0.717, 1.165) is 38.0 Å². The van der Waals surface area contributed by atoms with Crippen molar-refractivity contribution in [2.45, 2.75) is 44.1 Å². The molecule has 1 amide bonds. The Bertz CT molecular complexity index is 756. The van der Waals surface area contributed by atoms with Crippen LogP contribution in [0.5, 0.6) is 5.75 Å². The molecule has 1 fully saturated rings. The summed E-state index contributed by atoms with van der Waals surface area (Å²) in [6.45, 7) is 0.869. The van der Waals surface area contributed by atoms with Crippen molar-refractivity contribution in [2.24, 2.45) is 0 Å². The molecule has 1 aliphatic heterocycles. The number of carbonyl (C=O) groups excluding carboxylic acids is 1. The highest BCUT2D eigenvalue weighted by Gasteiger charge is 2.43. The predicted molar refractivity (Wildman–Crippen MR) is 98.9 cm³/mol. The Morgan fingerprint density at radius 1 is 1.12 bits per heavy atom. The maximum atomic E-state index is 12.6. The molecule has 0 spiro atoms. The minimum Gasteiger partial charge on any atom is -0.496 e. The number of likely N-dealkylation sites (tertiary alicyclic amines) is 1. The van der Waals surface area contributed by atoms with Crippen LogP contribution < -0.4 is 4.74 Å². The van der Waals surface area contributed by atoms with Gasteiger partial charge in [0, 0.05) is 24.9 Å². The third kappa shape index (κ3) is 3.04. The van der Waals surface area contributed by atoms with Gasteiger partial charge in [0.25, 0.3) is 0 Å². The summed E-state index contributed by atoms with van der Waals surface area (Å²) >= 11 is 0. The summed E-state index contributed by atoms with van der Waals surface area (Å²) in [5, 5.41) is 0. The first-order chi connectivity index (χ1) is 12.3. The molecule has 2 atom stereocenters. The molecule has 2 aromatic rings. The van der Waals surface area contributed by atoms with E-state index in [1.54, 1.807) is 7.11 Å². The van der Waals surface area contributed by atoms with Gasteiger partial charge in [-0.3, -0.25) is 4.79 Å². The van der Waals surface area contributed by atoms with Gasteiger partial charge in [0.05, 0.1) is 7.11 Å². The minimum absolute atomic E-state index is 0.318. The molecule has 3 heteroatoms. The van der Waals surface area contributed by atoms with Gasteiger partial charge in [-0.25, -0.2) is 0 Å². The summed E-state index contributed by atoms with van der Waals surface area (Å²) in [6.07, 6.45) is 4.77. The quantitative estimate of drug-likeness (QED) is 0.828. The molecule has 0 radical (unpaired) electrons. The van der Waals surface area contributed by atoms with Gasteiger partial charge in [-0.1, -0.05) is 42.5 Å². The first-order valence-corrected chi connectivity index (χ1v) is 9.27. The zero-order chi connectivity index (χ0) is 17.2. The van der Waals surface area contributed by atoms with Crippen molar-refractivity contribution in [1.29, 1.82) is 0 Å². The highest BCUT2D eigenvalue weighted by Crippen LogP contribution is 2.44. The summed E-state index contributed by atoms with van der Waals surface area (Å²) in [7, 11) is 1.73. The number of amides is 1. The average molecular weight is 335 g/mol. The number of nitrogens with zero attached hydrogens (tertiary/aromatic N) is 1. The van der Waals surface area contributed by atoms with E-state index in [4.69, 9.17) is 4.74 Å². The van der Waals surface area contributed by atoms with E-state index in [1.165, 1.54) is 16.7 Å². The lowest BCUT2D eigenvalue weighted by Crippen LogP contribution is -2.38. The lowest BCUT2D eigenvalue weighted by molar-refractivity contribution is -0.129. The lowest BCUT2D eigenvalue weighted by Gasteiger charge is -2.33. The Kier molecular flexibility index (Phi) is 4.48. The van der Waals surface area contributed by atoms with Crippen LogP contribution in [0.4, 0.5) is 0 Å². The van der Waals surface area contributed by atoms with Crippen molar-refractivity contribution in [3.63, 3.8) is 0 Å². The molecular weight excluding hydrogens is 310 g/mol. The summed E-state index contributed by atoms with van der Waals surface area (Å²) in [4.78, 5) is 14.8. The molecular formula is C22H25NO2. The molecule has 130 valence electrons. The second-order valence-electron chi connectivity index (χ2n) is 7.12. The Morgan fingerprint density at radius 3 is 2.76 bits per heavy atom. The van der Waals surface area contributed by atoms with Crippen LogP contribution in [0.3, 0.4) is 0 Å². The number of benzene rings is 2. The third-order valence-corrected chi connectivity index (χ3v) is 5.77. The summed E-state index contributed by atoms with van der Waals surface area (Å²) in [6, 6.07) is 17.2. The molecule has 1 aliphatic carbocycles. The van der Waals surface area contributed by atoms with Crippen LogP contribution in [0.15, 0.2) is 48.5 Å². The van der Waals surface area contributed by atoms with Gasteiger partial charge >= 0.3 is 0 Å². The highest BCUT2D eigenvalue weighted by molar-refractivity contribution is 5.81. The topological polar surface area (TPSA) is 29.5 Å². The number of ether oxygens (including phenoxy) is 1. The molecule has 0 bridgehead atoms. The molecule has 0 N–H and O–H groups in total. The van der Waals surface area contributed by atoms with Crippen LogP contribution in [0, 0.1) is 0 Å². The van der Waals surface area contributed by atoms with Crippen molar-refractivity contribution in [3.8, 4) is 5.75 Å². The smallest absolute Gasteiger partial charge is 0.223 e. The van der Waals surface area contributed by atoms with Gasteiger partial charge in [0.2, 0.25) is 5.91 Å². The Balaban J connectivity index is 1.46. The fourth-order valence-corrected chi connectivity index (χ4v) is 4.59. The van der Waals surface area contributed by atoms with Gasteiger partial charge < -0.3 is 9.64 Å². The van der Waals surface area contributed by atoms with Crippen LogP contribution >= 0.6 is 0 Å². The second-order valence-corrected chi connectivity index (χ2v) is 7.12. The van der Waals surface area contributed by atoms with Crippen molar-refractivity contribution in [3.05, 3.63) is 65.2 Å². The largest absolute Gasteiger partial charge is 0.496 e. The first kappa shape index (κ1) is 16.2. The van der Waals surface area contributed by atoms with Crippen LogP contribution in [0.1, 0.15) is 41.9 Å². The van der Waals surface area contributed by atoms with Crippen LogP contribution in [-0.2, 0) is 17.6 Å². The minimum atomic E-state index is 0.318. The number of rotatable bonds is 5. The van der Waals surface area contributed by atoms with Crippen molar-refractivity contribution < 1.29 is 9.53 Å². The van der Waals surface area contributed by atoms with Gasteiger partial charge in [-0.2, -0.15) is 0 Å². The molecule has 1 saturated heterocycles. The number of methoxy groups -OCH3 is 1. The van der Waals surface area contributed by atoms with Gasteiger partial charge in [0.1, 0.15) is 5.75 Å². The van der Waals surface area contributed by atoms with Crippen LogP contribution in [-0.4, -0.2) is 30.5 Å². The zero-order valence-electron chi connectivity index (χ0n) is 14.8. The average Bonchev–Trinajstić information content (AvgIpc) is 2.98. The molecule has 2 aromatic carbocycles. The molecule has 1 heterocycles. The molecule has 0 aromatic heterocycles. The molecule has 3 nitrogen and oxygen atoms in total. The molecule has 4 rings (SSSR count). The number of fused-ring (bicyclic) bond motifs is 3. The van der Waals surface area contributed by atoms with E-state index < -0.39 is 0 Å². The zero-order valence-corrected chi connectivity index (χ0v) is 14.8. The van der Waals surface area contributed by atoms with Crippen molar-refractivity contribution >= 4 is 5.91 Å². The summed E-state index contributed by atoms with van der Waals surface area (Å²) in [5.74, 6) is 1.63. The van der Waals surface area contributed by atoms with Crippen molar-refractivity contribution in [1.82, 2.24) is 4.90 Å². The SMILES string of the molecule is COc1cccc2c1CCC1C2CC(=O)N1CCCc1ccccc1. The number of hydrogen-bond donors (Lipinski definition) is 0. The number of hydrogen-bond acceptors (Lipinski definition) is 2. The van der Waals surface area contributed by atoms with Crippen molar-refractivity contribution in [2.75, 3.05) is 13.7 Å². The fourth-order valence-electron chi connectivity index (χ4n) is 4.59. The van der Waals surface area contributed by atoms with E-state index in [1.807, 2.05) is 12.1 Å². The van der Waals surface area contributed by atoms with E-state index in [9.17, 15) is 4.79 Å². The molecule has 25 heavy (non-hydrogen) atoms. The molecule has 2 unspecified atom stereocenters. The fraction of sp³-hybridized carbons (Fsp3) is 0.409. The Morgan fingerprint density at radius 2 is 1.96 bits per heavy atom. The molecule has 2 aliphatic rings. The number of aryl methyl sites for hydroxylation is 1. The Hall–Kier alpha value is -2.29. The number of carbonyl (C=O) groups is 1. The predicted octanol–water partition coefficient (Wildman–Crippen LogP) is 3.96. The summed E-state index contributed by atoms with van der Waals surface area (Å²) in [5.41, 5.74) is 3.99. The van der Waals surface area contributed by atoms with Crippen LogP contribution in [0.2, 0.25) is 0 Å². The third-order valence-electron chi connectivity index (χ3n) is 5.77. The maximum Gasteiger partial charge on any atom is 0.223 e. The van der Waals surface area contributed by atoms with Gasteiger partial charge in [-0.15, -0.1) is 0 Å². The normalized spacial score (nSPS) is 21.8. The van der Waals surface area contributed by atoms with Gasteiger partial charge in [0.15, 0.2) is 0 Å². The van der Waals surface area contributed by atoms with E-state index >= 15 is 0 Å². The van der Waals surface area contributed by atoms with E-state index in [0.29, 0.717) is 24.3 Å². The van der Waals surface area contributed by atoms with E-state index in [-0.39, 0.29) is 0 Å². The first-order valence-electron chi connectivity index (χ1n) is 9.27. The van der Waals surface area contributed by atoms with Crippen LogP contribution in [0.25, 0.3) is 0 Å². The Labute approximate surface area is 149 Å². The second kappa shape index (κ2) is 6.91. The van der Waals surface area contributed by atoms with Gasteiger partial charge in [-0.05, 0) is 48.4 Å². The summed E-state index contributed by atoms with van der Waals surface area (Å²) < 4.78 is 5.53. The van der Waals surface area contributed by atoms with E-state index in [2.05, 4.69) is 41.3 Å². The maximum absolute atomic E-state index is 12.6.